The van der Waals surface area contributed by atoms with Crippen LogP contribution in [0.1, 0.15) is 33.8 Å². The van der Waals surface area contributed by atoms with Crippen LogP contribution in [-0.4, -0.2) is 35.4 Å². The lowest BCUT2D eigenvalue weighted by atomic mass is 9.99. The molecule has 1 aromatic heterocycles. The normalized spacial score (nSPS) is 15.7. The highest BCUT2D eigenvalue weighted by Crippen LogP contribution is 2.30. The molecule has 4 rings (SSSR count). The standard InChI is InChI=1S/C24H24N4OS/c25-17-28-13-11-19(16-28)10-12-26-23(29)24-27-15-22(30-24)21-9-5-4-8-20(21)14-18-6-2-1-3-7-18/h1-9,15,19H,10-14,16H2,(H,26,29). The van der Waals surface area contributed by atoms with Gasteiger partial charge in [0.15, 0.2) is 11.2 Å². The van der Waals surface area contributed by atoms with Crippen LogP contribution < -0.4 is 5.32 Å². The van der Waals surface area contributed by atoms with Gasteiger partial charge in [-0.05, 0) is 41.9 Å². The lowest BCUT2D eigenvalue weighted by molar-refractivity contribution is 0.0951. The molecule has 1 N–H and O–H groups in total. The molecule has 1 fully saturated rings. The Balaban J connectivity index is 1.38. The second-order valence-electron chi connectivity index (χ2n) is 7.59. The molecule has 1 aliphatic heterocycles. The molecule has 0 saturated carbocycles. The van der Waals surface area contributed by atoms with E-state index in [1.165, 1.54) is 22.5 Å². The smallest absolute Gasteiger partial charge is 0.280 e. The minimum Gasteiger partial charge on any atom is -0.350 e. The van der Waals surface area contributed by atoms with Gasteiger partial charge in [-0.3, -0.25) is 4.79 Å². The third-order valence-electron chi connectivity index (χ3n) is 5.49. The maximum Gasteiger partial charge on any atom is 0.280 e. The highest BCUT2D eigenvalue weighted by molar-refractivity contribution is 7.17. The van der Waals surface area contributed by atoms with Crippen LogP contribution in [0.4, 0.5) is 0 Å². The highest BCUT2D eigenvalue weighted by Gasteiger charge is 2.21. The van der Waals surface area contributed by atoms with Gasteiger partial charge in [-0.1, -0.05) is 54.6 Å². The maximum atomic E-state index is 12.5. The van der Waals surface area contributed by atoms with E-state index in [0.29, 0.717) is 17.5 Å². The molecule has 1 unspecified atom stereocenters. The first-order valence-electron chi connectivity index (χ1n) is 10.2. The van der Waals surface area contributed by atoms with E-state index >= 15 is 0 Å². The average molecular weight is 417 g/mol. The predicted molar refractivity (Wildman–Crippen MR) is 119 cm³/mol. The van der Waals surface area contributed by atoms with Crippen molar-refractivity contribution in [1.82, 2.24) is 15.2 Å². The number of nitrogens with one attached hydrogen (secondary N) is 1. The summed E-state index contributed by atoms with van der Waals surface area (Å²) in [5.41, 5.74) is 3.61. The molecule has 0 radical (unpaired) electrons. The Morgan fingerprint density at radius 1 is 1.20 bits per heavy atom. The molecule has 6 heteroatoms. The summed E-state index contributed by atoms with van der Waals surface area (Å²) in [4.78, 5) is 19.7. The summed E-state index contributed by atoms with van der Waals surface area (Å²) in [6, 6.07) is 18.7. The zero-order chi connectivity index (χ0) is 20.8. The number of carbonyl (C=O) groups excluding carboxylic acids is 1. The first-order valence-corrected chi connectivity index (χ1v) is 11.1. The number of nitrogens with zero attached hydrogens (tertiary/aromatic N) is 3. The molecule has 0 bridgehead atoms. The summed E-state index contributed by atoms with van der Waals surface area (Å²) in [5, 5.41) is 12.4. The fraction of sp³-hybridized carbons (Fsp3) is 0.292. The Morgan fingerprint density at radius 2 is 2.00 bits per heavy atom. The van der Waals surface area contributed by atoms with Crippen LogP contribution >= 0.6 is 11.3 Å². The van der Waals surface area contributed by atoms with Crippen LogP contribution in [0.5, 0.6) is 0 Å². The molecular formula is C24H24N4OS. The molecule has 3 aromatic rings. The van der Waals surface area contributed by atoms with Crippen molar-refractivity contribution in [3.8, 4) is 16.6 Å². The van der Waals surface area contributed by atoms with Crippen LogP contribution in [0, 0.1) is 17.4 Å². The molecule has 152 valence electrons. The van der Waals surface area contributed by atoms with Crippen molar-refractivity contribution in [2.24, 2.45) is 5.92 Å². The van der Waals surface area contributed by atoms with Gasteiger partial charge in [0.2, 0.25) is 0 Å². The van der Waals surface area contributed by atoms with Gasteiger partial charge in [-0.2, -0.15) is 5.26 Å². The van der Waals surface area contributed by atoms with E-state index in [-0.39, 0.29) is 5.91 Å². The second-order valence-corrected chi connectivity index (χ2v) is 8.63. The Labute approximate surface area is 181 Å². The SMILES string of the molecule is N#CN1CCC(CCNC(=O)c2ncc(-c3ccccc3Cc3ccccc3)s2)C1. The van der Waals surface area contributed by atoms with Gasteiger partial charge in [-0.15, -0.1) is 11.3 Å². The number of thiazole rings is 1. The zero-order valence-electron chi connectivity index (χ0n) is 16.8. The van der Waals surface area contributed by atoms with E-state index in [2.05, 4.69) is 52.9 Å². The zero-order valence-corrected chi connectivity index (χ0v) is 17.6. The van der Waals surface area contributed by atoms with Crippen molar-refractivity contribution in [3.05, 3.63) is 76.9 Å². The molecule has 1 saturated heterocycles. The molecule has 2 heterocycles. The maximum absolute atomic E-state index is 12.5. The van der Waals surface area contributed by atoms with Crippen molar-refractivity contribution in [2.45, 2.75) is 19.3 Å². The van der Waals surface area contributed by atoms with Crippen molar-refractivity contribution >= 4 is 17.2 Å². The molecule has 1 amide bonds. The van der Waals surface area contributed by atoms with Crippen LogP contribution in [0.3, 0.4) is 0 Å². The minimum atomic E-state index is -0.123. The number of rotatable bonds is 7. The molecule has 0 aliphatic carbocycles. The van der Waals surface area contributed by atoms with Crippen molar-refractivity contribution in [3.63, 3.8) is 0 Å². The van der Waals surface area contributed by atoms with E-state index in [1.54, 1.807) is 11.1 Å². The lowest BCUT2D eigenvalue weighted by Gasteiger charge is -2.09. The number of hydrogen-bond donors (Lipinski definition) is 1. The van der Waals surface area contributed by atoms with Crippen LogP contribution in [-0.2, 0) is 6.42 Å². The van der Waals surface area contributed by atoms with E-state index in [9.17, 15) is 4.79 Å². The Hall–Kier alpha value is -3.17. The van der Waals surface area contributed by atoms with E-state index in [1.807, 2.05) is 18.2 Å². The Kier molecular flexibility index (Phi) is 6.41. The number of aromatic nitrogens is 1. The quantitative estimate of drug-likeness (QED) is 0.582. The van der Waals surface area contributed by atoms with Crippen LogP contribution in [0.15, 0.2) is 60.8 Å². The molecule has 1 aliphatic rings. The minimum absolute atomic E-state index is 0.123. The summed E-state index contributed by atoms with van der Waals surface area (Å²) < 4.78 is 0. The fourth-order valence-electron chi connectivity index (χ4n) is 3.86. The first kappa shape index (κ1) is 20.1. The largest absolute Gasteiger partial charge is 0.350 e. The molecule has 0 spiro atoms. The van der Waals surface area contributed by atoms with Gasteiger partial charge < -0.3 is 10.2 Å². The topological polar surface area (TPSA) is 69.0 Å². The number of hydrogen-bond acceptors (Lipinski definition) is 5. The van der Waals surface area contributed by atoms with Gasteiger partial charge in [-0.25, -0.2) is 4.98 Å². The second kappa shape index (κ2) is 9.55. The third kappa shape index (κ3) is 4.87. The monoisotopic (exact) mass is 416 g/mol. The average Bonchev–Trinajstić information content (AvgIpc) is 3.45. The van der Waals surface area contributed by atoms with Gasteiger partial charge >= 0.3 is 0 Å². The number of amides is 1. The molecule has 5 nitrogen and oxygen atoms in total. The van der Waals surface area contributed by atoms with Crippen molar-refractivity contribution < 1.29 is 4.79 Å². The number of carbonyl (C=O) groups is 1. The fourth-order valence-corrected chi connectivity index (χ4v) is 4.75. The molecular weight excluding hydrogens is 392 g/mol. The number of likely N-dealkylation sites (tertiary alicyclic amines) is 1. The summed E-state index contributed by atoms with van der Waals surface area (Å²) in [6.45, 7) is 2.24. The first-order chi connectivity index (χ1) is 14.7. The van der Waals surface area contributed by atoms with Gasteiger partial charge in [0, 0.05) is 25.8 Å². The van der Waals surface area contributed by atoms with Crippen molar-refractivity contribution in [2.75, 3.05) is 19.6 Å². The van der Waals surface area contributed by atoms with Gasteiger partial charge in [0.25, 0.3) is 5.91 Å². The van der Waals surface area contributed by atoms with E-state index < -0.39 is 0 Å². The molecule has 2 aromatic carbocycles. The third-order valence-corrected chi connectivity index (χ3v) is 6.51. The van der Waals surface area contributed by atoms with Gasteiger partial charge in [0.1, 0.15) is 0 Å². The van der Waals surface area contributed by atoms with Crippen LogP contribution in [0.25, 0.3) is 10.4 Å². The summed E-state index contributed by atoms with van der Waals surface area (Å²) in [5.74, 6) is 0.351. The molecule has 30 heavy (non-hydrogen) atoms. The number of benzene rings is 2. The van der Waals surface area contributed by atoms with E-state index in [4.69, 9.17) is 5.26 Å². The highest BCUT2D eigenvalue weighted by atomic mass is 32.1. The van der Waals surface area contributed by atoms with Crippen molar-refractivity contribution in [1.29, 1.82) is 5.26 Å². The predicted octanol–water partition coefficient (Wildman–Crippen LogP) is 4.32. The van der Waals surface area contributed by atoms with Crippen LogP contribution in [0.2, 0.25) is 0 Å². The lowest BCUT2D eigenvalue weighted by Crippen LogP contribution is -2.26. The molecule has 1 atom stereocenters. The summed E-state index contributed by atoms with van der Waals surface area (Å²) >= 11 is 1.43. The Morgan fingerprint density at radius 3 is 2.80 bits per heavy atom. The van der Waals surface area contributed by atoms with Gasteiger partial charge in [0.05, 0.1) is 4.88 Å². The summed E-state index contributed by atoms with van der Waals surface area (Å²) in [7, 11) is 0. The summed E-state index contributed by atoms with van der Waals surface area (Å²) in [6.07, 6.45) is 6.74. The van der Waals surface area contributed by atoms with E-state index in [0.717, 1.165) is 42.8 Å². The number of nitriles is 1. The Bertz CT molecular complexity index is 1040.